The third-order valence-corrected chi connectivity index (χ3v) is 0.805. The van der Waals surface area contributed by atoms with E-state index in [4.69, 9.17) is 20.4 Å². The van der Waals surface area contributed by atoms with Crippen LogP contribution in [0.25, 0.3) is 0 Å². The Morgan fingerprint density at radius 3 is 1.18 bits per heavy atom. The van der Waals surface area contributed by atoms with E-state index in [2.05, 4.69) is 0 Å². The topological polar surface area (TPSA) is 115 Å². The summed E-state index contributed by atoms with van der Waals surface area (Å²) in [4.78, 5) is 19.5. The van der Waals surface area contributed by atoms with E-state index < -0.39 is 24.1 Å². The van der Waals surface area contributed by atoms with Crippen LogP contribution in [0.1, 0.15) is 0 Å². The molecule has 0 fully saturated rings. The van der Waals surface area contributed by atoms with Gasteiger partial charge in [0.25, 0.3) is 0 Å². The zero-order chi connectivity index (χ0) is 8.31. The van der Waals surface area contributed by atoms with Crippen LogP contribution in [0.5, 0.6) is 0 Å². The molecule has 0 aliphatic carbocycles. The van der Waals surface area contributed by atoms with Gasteiger partial charge in [0.05, 0.1) is 0 Å². The van der Waals surface area contributed by atoms with Crippen LogP contribution in [0.15, 0.2) is 0 Å². The monoisotopic (exact) mass is 345 g/mol. The fraction of sp³-hybridized carbons (Fsp3) is 0.500. The summed E-state index contributed by atoms with van der Waals surface area (Å²) in [6, 6.07) is 0. The van der Waals surface area contributed by atoms with Gasteiger partial charge in [-0.3, -0.25) is 0 Å². The number of carboxylic acids is 2. The van der Waals surface area contributed by atoms with Gasteiger partial charge in [-0.25, -0.2) is 9.59 Å². The summed E-state index contributed by atoms with van der Waals surface area (Å²) < 4.78 is 0. The molecule has 0 amide bonds. The van der Waals surface area contributed by atoms with Crippen LogP contribution in [-0.2, 0) is 30.7 Å². The molecular weight excluding hydrogens is 339 g/mol. The molecule has 0 heterocycles. The Kier molecular flexibility index (Phi) is 6.26. The minimum absolute atomic E-state index is 0. The minimum atomic E-state index is -2.27. The summed E-state index contributed by atoms with van der Waals surface area (Å²) >= 11 is 0. The minimum Gasteiger partial charge on any atom is -0.479 e. The molecule has 0 spiro atoms. The van der Waals surface area contributed by atoms with Crippen molar-refractivity contribution in [3.63, 3.8) is 0 Å². The van der Waals surface area contributed by atoms with Gasteiger partial charge < -0.3 is 20.4 Å². The average Bonchev–Trinajstić information content (AvgIpc) is 1.84. The molecule has 0 radical (unpaired) electrons. The van der Waals surface area contributed by atoms with Crippen LogP contribution in [0, 0.1) is 0 Å². The zero-order valence-electron chi connectivity index (χ0n) is 5.08. The smallest absolute Gasteiger partial charge is 0.335 e. The molecule has 0 saturated carbocycles. The zero-order valence-corrected chi connectivity index (χ0v) is 7.35. The predicted octanol–water partition coefficient (Wildman–Crippen LogP) is -2.13. The van der Waals surface area contributed by atoms with Crippen molar-refractivity contribution in [2.45, 2.75) is 12.2 Å². The van der Waals surface area contributed by atoms with Crippen molar-refractivity contribution < 1.29 is 51.1 Å². The van der Waals surface area contributed by atoms with Gasteiger partial charge in [-0.05, 0) is 0 Å². The van der Waals surface area contributed by atoms with Crippen LogP contribution >= 0.6 is 0 Å². The van der Waals surface area contributed by atoms with Gasteiger partial charge >= 0.3 is 11.9 Å². The summed E-state index contributed by atoms with van der Waals surface area (Å²) in [7, 11) is 0. The second-order valence-corrected chi connectivity index (χ2v) is 1.57. The second-order valence-electron chi connectivity index (χ2n) is 1.57. The first kappa shape index (κ1) is 13.2. The van der Waals surface area contributed by atoms with Crippen LogP contribution in [0.2, 0.25) is 0 Å². The van der Waals surface area contributed by atoms with Crippen molar-refractivity contribution in [3.05, 3.63) is 0 Å². The summed E-state index contributed by atoms with van der Waals surface area (Å²) in [6.45, 7) is 0. The molecular formula is C4H6O6Pt. The molecule has 0 aliphatic rings. The molecule has 0 aromatic rings. The Morgan fingerprint density at radius 1 is 0.909 bits per heavy atom. The first-order valence-corrected chi connectivity index (χ1v) is 2.28. The van der Waals surface area contributed by atoms with Crippen LogP contribution in [0.3, 0.4) is 0 Å². The van der Waals surface area contributed by atoms with Crippen LogP contribution in [0.4, 0.5) is 0 Å². The van der Waals surface area contributed by atoms with Gasteiger partial charge in [0.2, 0.25) is 0 Å². The Hall–Kier alpha value is -0.452. The molecule has 0 rings (SSSR count). The fourth-order valence-corrected chi connectivity index (χ4v) is 0.270. The van der Waals surface area contributed by atoms with E-state index in [9.17, 15) is 9.59 Å². The van der Waals surface area contributed by atoms with Gasteiger partial charge in [0, 0.05) is 21.1 Å². The van der Waals surface area contributed by atoms with Crippen molar-refractivity contribution in [2.24, 2.45) is 0 Å². The van der Waals surface area contributed by atoms with Crippen LogP contribution in [-0.4, -0.2) is 44.6 Å². The first-order valence-electron chi connectivity index (χ1n) is 2.28. The maximum absolute atomic E-state index is 9.77. The maximum Gasteiger partial charge on any atom is 0.335 e. The number of carboxylic acid groups (broad SMARTS) is 2. The third kappa shape index (κ3) is 4.08. The van der Waals surface area contributed by atoms with Crippen molar-refractivity contribution in [3.8, 4) is 0 Å². The summed E-state index contributed by atoms with van der Waals surface area (Å²) in [6.07, 6.45) is -4.53. The molecule has 68 valence electrons. The maximum atomic E-state index is 9.77. The third-order valence-electron chi connectivity index (χ3n) is 0.805. The summed E-state index contributed by atoms with van der Waals surface area (Å²) in [5.74, 6) is -3.54. The van der Waals surface area contributed by atoms with Gasteiger partial charge in [-0.2, -0.15) is 0 Å². The van der Waals surface area contributed by atoms with Crippen molar-refractivity contribution >= 4 is 11.9 Å². The predicted molar refractivity (Wildman–Crippen MR) is 27.3 cm³/mol. The molecule has 4 N–H and O–H groups in total. The van der Waals surface area contributed by atoms with E-state index in [1.165, 1.54) is 0 Å². The van der Waals surface area contributed by atoms with Crippen molar-refractivity contribution in [2.75, 3.05) is 0 Å². The molecule has 7 heteroatoms. The average molecular weight is 345 g/mol. The van der Waals surface area contributed by atoms with E-state index >= 15 is 0 Å². The number of aliphatic hydroxyl groups is 2. The molecule has 2 atom stereocenters. The van der Waals surface area contributed by atoms with Crippen molar-refractivity contribution in [1.82, 2.24) is 0 Å². The number of hydrogen-bond donors (Lipinski definition) is 4. The molecule has 0 aliphatic heterocycles. The number of hydrogen-bond acceptors (Lipinski definition) is 4. The first-order chi connectivity index (χ1) is 4.46. The molecule has 0 aromatic carbocycles. The van der Waals surface area contributed by atoms with E-state index in [-0.39, 0.29) is 21.1 Å². The molecule has 0 saturated heterocycles. The number of carbonyl (C=O) groups is 2. The number of aliphatic hydroxyl groups excluding tert-OH is 2. The van der Waals surface area contributed by atoms with Crippen LogP contribution < -0.4 is 0 Å². The second kappa shape index (κ2) is 5.23. The normalized spacial score (nSPS) is 14.4. The molecule has 0 aromatic heterocycles. The standard InChI is InChI=1S/C4H6O6.Pt/c5-1(3(7)8)2(6)4(9)10;/h1-2,5-6H,(H,7,8)(H,9,10);. The number of rotatable bonds is 3. The SMILES string of the molecule is O=C(O)C(O)C(O)C(=O)O.[Pt]. The van der Waals surface area contributed by atoms with E-state index in [1.54, 1.807) is 0 Å². The van der Waals surface area contributed by atoms with E-state index in [0.29, 0.717) is 0 Å². The van der Waals surface area contributed by atoms with Gasteiger partial charge in [0.1, 0.15) is 0 Å². The van der Waals surface area contributed by atoms with E-state index in [1.807, 2.05) is 0 Å². The van der Waals surface area contributed by atoms with E-state index in [0.717, 1.165) is 0 Å². The Bertz CT molecular complexity index is 139. The molecule has 6 nitrogen and oxygen atoms in total. The Morgan fingerprint density at radius 2 is 1.09 bits per heavy atom. The van der Waals surface area contributed by atoms with Gasteiger partial charge in [-0.1, -0.05) is 0 Å². The van der Waals surface area contributed by atoms with Gasteiger partial charge in [0.15, 0.2) is 12.2 Å². The van der Waals surface area contributed by atoms with Gasteiger partial charge in [-0.15, -0.1) is 0 Å². The largest absolute Gasteiger partial charge is 0.479 e. The Labute approximate surface area is 75.7 Å². The molecule has 11 heavy (non-hydrogen) atoms. The Balaban J connectivity index is 0. The fourth-order valence-electron chi connectivity index (χ4n) is 0.270. The summed E-state index contributed by atoms with van der Waals surface area (Å²) in [5, 5.41) is 32.5. The molecule has 2 unspecified atom stereocenters. The molecule has 0 bridgehead atoms. The summed E-state index contributed by atoms with van der Waals surface area (Å²) in [5.41, 5.74) is 0. The number of aliphatic carboxylic acids is 2. The van der Waals surface area contributed by atoms with Crippen molar-refractivity contribution in [1.29, 1.82) is 0 Å². The quantitative estimate of drug-likeness (QED) is 0.465.